The zero-order chi connectivity index (χ0) is 22.4. The summed E-state index contributed by atoms with van der Waals surface area (Å²) >= 11 is 0. The number of rotatable bonds is 2. The van der Waals surface area contributed by atoms with Gasteiger partial charge in [-0.2, -0.15) is 13.2 Å². The van der Waals surface area contributed by atoms with Crippen LogP contribution in [0.3, 0.4) is 0 Å². The molecule has 1 aliphatic carbocycles. The molecule has 4 rings (SSSR count). The van der Waals surface area contributed by atoms with Crippen molar-refractivity contribution in [3.63, 3.8) is 0 Å². The number of amides is 1. The first kappa shape index (κ1) is 21.4. The van der Waals surface area contributed by atoms with Crippen molar-refractivity contribution >= 4 is 17.2 Å². The van der Waals surface area contributed by atoms with E-state index < -0.39 is 23.4 Å². The van der Waals surface area contributed by atoms with Gasteiger partial charge in [0.15, 0.2) is 0 Å². The van der Waals surface area contributed by atoms with Crippen molar-refractivity contribution in [1.29, 1.82) is 0 Å². The third-order valence-corrected chi connectivity index (χ3v) is 5.66. The highest BCUT2D eigenvalue weighted by atomic mass is 19.4. The van der Waals surface area contributed by atoms with Crippen molar-refractivity contribution in [3.8, 4) is 5.75 Å². The molecule has 7 heteroatoms. The largest absolute Gasteiger partial charge is 0.487 e. The molecule has 0 aromatic heterocycles. The molecular formula is C24H24F3NO3. The van der Waals surface area contributed by atoms with Gasteiger partial charge in [-0.15, -0.1) is 0 Å². The summed E-state index contributed by atoms with van der Waals surface area (Å²) in [6.07, 6.45) is -0.702. The molecule has 1 atom stereocenters. The lowest BCUT2D eigenvalue weighted by Gasteiger charge is -2.34. The molecule has 2 aliphatic rings. The molecule has 0 saturated heterocycles. The van der Waals surface area contributed by atoms with Gasteiger partial charge < -0.3 is 15.2 Å². The predicted octanol–water partition coefficient (Wildman–Crippen LogP) is 5.66. The minimum absolute atomic E-state index is 0.113. The number of ether oxygens (including phenoxy) is 1. The fraction of sp³-hybridized carbons (Fsp3) is 0.375. The fourth-order valence-corrected chi connectivity index (χ4v) is 4.25. The number of carbonyl (C=O) groups is 1. The summed E-state index contributed by atoms with van der Waals surface area (Å²) in [6.45, 7) is 3.54. The zero-order valence-electron chi connectivity index (χ0n) is 17.3. The van der Waals surface area contributed by atoms with Gasteiger partial charge in [-0.05, 0) is 74.1 Å². The second kappa shape index (κ2) is 7.71. The van der Waals surface area contributed by atoms with E-state index in [1.165, 1.54) is 12.1 Å². The van der Waals surface area contributed by atoms with Gasteiger partial charge in [0, 0.05) is 23.7 Å². The fourth-order valence-electron chi connectivity index (χ4n) is 4.25. The molecule has 1 amide bonds. The minimum Gasteiger partial charge on any atom is -0.487 e. The molecule has 2 aromatic rings. The Hall–Kier alpha value is -2.80. The van der Waals surface area contributed by atoms with E-state index in [9.17, 15) is 23.1 Å². The van der Waals surface area contributed by atoms with Crippen LogP contribution in [-0.4, -0.2) is 16.6 Å². The molecule has 1 aliphatic heterocycles. The van der Waals surface area contributed by atoms with Crippen LogP contribution < -0.4 is 10.1 Å². The Morgan fingerprint density at radius 2 is 2.00 bits per heavy atom. The summed E-state index contributed by atoms with van der Waals surface area (Å²) in [4.78, 5) is 12.7. The minimum atomic E-state index is -4.47. The first-order valence-corrected chi connectivity index (χ1v) is 10.2. The highest BCUT2D eigenvalue weighted by Crippen LogP contribution is 2.43. The van der Waals surface area contributed by atoms with E-state index in [0.29, 0.717) is 29.7 Å². The van der Waals surface area contributed by atoms with Crippen LogP contribution in [0.1, 0.15) is 61.5 Å². The number of aliphatic hydroxyl groups is 1. The average Bonchev–Trinajstić information content (AvgIpc) is 2.66. The van der Waals surface area contributed by atoms with Gasteiger partial charge in [-0.3, -0.25) is 4.79 Å². The second-order valence-electron chi connectivity index (χ2n) is 8.73. The molecule has 0 bridgehead atoms. The summed E-state index contributed by atoms with van der Waals surface area (Å²) in [6, 6.07) is 8.82. The van der Waals surface area contributed by atoms with Crippen molar-refractivity contribution in [2.45, 2.75) is 57.4 Å². The van der Waals surface area contributed by atoms with Gasteiger partial charge in [0.2, 0.25) is 5.91 Å². The van der Waals surface area contributed by atoms with Crippen LogP contribution in [0.4, 0.5) is 18.9 Å². The van der Waals surface area contributed by atoms with E-state index in [4.69, 9.17) is 4.74 Å². The Bertz CT molecular complexity index is 1060. The molecule has 164 valence electrons. The third-order valence-electron chi connectivity index (χ3n) is 5.66. The van der Waals surface area contributed by atoms with Crippen molar-refractivity contribution in [1.82, 2.24) is 0 Å². The summed E-state index contributed by atoms with van der Waals surface area (Å²) in [5, 5.41) is 13.0. The Balaban J connectivity index is 1.61. The van der Waals surface area contributed by atoms with Crippen LogP contribution in [0.15, 0.2) is 42.5 Å². The zero-order valence-corrected chi connectivity index (χ0v) is 17.3. The Kier molecular flexibility index (Phi) is 5.33. The molecule has 2 aromatic carbocycles. The van der Waals surface area contributed by atoms with E-state index in [0.717, 1.165) is 36.1 Å². The van der Waals surface area contributed by atoms with Crippen LogP contribution in [0, 0.1) is 0 Å². The maximum Gasteiger partial charge on any atom is 0.416 e. The van der Waals surface area contributed by atoms with Crippen LogP contribution in [0.2, 0.25) is 0 Å². The molecule has 0 saturated carbocycles. The lowest BCUT2D eigenvalue weighted by Crippen LogP contribution is -2.32. The lowest BCUT2D eigenvalue weighted by atomic mass is 9.88. The van der Waals surface area contributed by atoms with Crippen molar-refractivity contribution in [2.24, 2.45) is 0 Å². The quantitative estimate of drug-likeness (QED) is 0.604. The molecule has 0 spiro atoms. The van der Waals surface area contributed by atoms with Crippen LogP contribution in [-0.2, 0) is 17.4 Å². The van der Waals surface area contributed by atoms with E-state index >= 15 is 0 Å². The molecule has 0 radical (unpaired) electrons. The van der Waals surface area contributed by atoms with Gasteiger partial charge >= 0.3 is 6.18 Å². The maximum absolute atomic E-state index is 13.1. The SMILES string of the molecule is CC1(C)C/C(=C\C(=O)Nc2ccc3c(c2)C(O)CCC3)c2ccc(C(F)(F)F)cc2O1. The number of alkyl halides is 3. The second-order valence-corrected chi connectivity index (χ2v) is 8.73. The molecule has 0 fully saturated rings. The summed E-state index contributed by atoms with van der Waals surface area (Å²) in [5.41, 5.74) is 2.02. The number of carbonyl (C=O) groups excluding carboxylic acids is 1. The molecule has 2 N–H and O–H groups in total. The van der Waals surface area contributed by atoms with Crippen LogP contribution in [0.25, 0.3) is 5.57 Å². The predicted molar refractivity (Wildman–Crippen MR) is 112 cm³/mol. The molecular weight excluding hydrogens is 407 g/mol. The molecule has 1 unspecified atom stereocenters. The number of hydrogen-bond acceptors (Lipinski definition) is 3. The molecule has 4 nitrogen and oxygen atoms in total. The smallest absolute Gasteiger partial charge is 0.416 e. The first-order chi connectivity index (χ1) is 14.5. The van der Waals surface area contributed by atoms with Gasteiger partial charge in [-0.25, -0.2) is 0 Å². The van der Waals surface area contributed by atoms with Gasteiger partial charge in [-0.1, -0.05) is 12.1 Å². The van der Waals surface area contributed by atoms with E-state index in [-0.39, 0.29) is 11.7 Å². The number of benzene rings is 2. The van der Waals surface area contributed by atoms with Gasteiger partial charge in [0.1, 0.15) is 11.4 Å². The summed E-state index contributed by atoms with van der Waals surface area (Å²) in [7, 11) is 0. The van der Waals surface area contributed by atoms with Crippen molar-refractivity contribution in [2.75, 3.05) is 5.32 Å². The van der Waals surface area contributed by atoms with Gasteiger partial charge in [0.25, 0.3) is 0 Å². The number of halogens is 3. The number of nitrogens with one attached hydrogen (secondary N) is 1. The average molecular weight is 431 g/mol. The van der Waals surface area contributed by atoms with Gasteiger partial charge in [0.05, 0.1) is 11.7 Å². The highest BCUT2D eigenvalue weighted by molar-refractivity contribution is 6.04. The number of hydrogen-bond donors (Lipinski definition) is 2. The maximum atomic E-state index is 13.1. The standard InChI is InChI=1S/C24H24F3NO3/c1-23(2)13-15(18-9-7-16(24(25,26)27)11-21(18)31-23)10-22(30)28-17-8-6-14-4-3-5-20(29)19(14)12-17/h6-12,20,29H,3-5,13H2,1-2H3,(H,28,30)/b15-10+. The lowest BCUT2D eigenvalue weighted by molar-refractivity contribution is -0.137. The van der Waals surface area contributed by atoms with E-state index in [1.54, 1.807) is 26.0 Å². The normalized spacial score (nSPS) is 21.1. The van der Waals surface area contributed by atoms with Crippen LogP contribution >= 0.6 is 0 Å². The van der Waals surface area contributed by atoms with E-state index in [1.807, 2.05) is 6.07 Å². The number of fused-ring (bicyclic) bond motifs is 2. The first-order valence-electron chi connectivity index (χ1n) is 10.2. The van der Waals surface area contributed by atoms with Crippen molar-refractivity contribution < 1.29 is 27.8 Å². The summed E-state index contributed by atoms with van der Waals surface area (Å²) < 4.78 is 45.0. The Morgan fingerprint density at radius 1 is 1.23 bits per heavy atom. The Labute approximate surface area is 178 Å². The van der Waals surface area contributed by atoms with E-state index in [2.05, 4.69) is 5.32 Å². The van der Waals surface area contributed by atoms with Crippen LogP contribution in [0.5, 0.6) is 5.75 Å². The third kappa shape index (κ3) is 4.61. The topological polar surface area (TPSA) is 58.6 Å². The van der Waals surface area contributed by atoms with Crippen molar-refractivity contribution in [3.05, 3.63) is 64.7 Å². The number of anilines is 1. The highest BCUT2D eigenvalue weighted by Gasteiger charge is 2.35. The number of aryl methyl sites for hydroxylation is 1. The Morgan fingerprint density at radius 3 is 2.74 bits per heavy atom. The molecule has 1 heterocycles. The monoisotopic (exact) mass is 431 g/mol. The number of aliphatic hydroxyl groups excluding tert-OH is 1. The summed E-state index contributed by atoms with van der Waals surface area (Å²) in [5.74, 6) is -0.272. The molecule has 31 heavy (non-hydrogen) atoms.